The van der Waals surface area contributed by atoms with Crippen molar-refractivity contribution in [2.75, 3.05) is 6.61 Å². The zero-order chi connectivity index (χ0) is 10.1. The quantitative estimate of drug-likeness (QED) is 0.780. The molecule has 1 saturated carbocycles. The predicted octanol–water partition coefficient (Wildman–Crippen LogP) is 2.76. The number of esters is 1. The van der Waals surface area contributed by atoms with E-state index in [9.17, 15) is 4.79 Å². The standard InChI is InChI=1S/C10H12BrNO2/c1-2-14-10(13)9-5-7(11)6-12(9)8-3-4-8/h5-6,8H,2-4H2,1H3. The molecule has 0 atom stereocenters. The SMILES string of the molecule is CCOC(=O)c1cc(Br)cn1C1CC1. The highest BCUT2D eigenvalue weighted by Crippen LogP contribution is 2.37. The fourth-order valence-electron chi connectivity index (χ4n) is 1.47. The van der Waals surface area contributed by atoms with Crippen LogP contribution in [0.2, 0.25) is 0 Å². The maximum atomic E-state index is 11.5. The van der Waals surface area contributed by atoms with Gasteiger partial charge in [0.15, 0.2) is 0 Å². The number of carbonyl (C=O) groups excluding carboxylic acids is 1. The molecule has 0 unspecified atom stereocenters. The summed E-state index contributed by atoms with van der Waals surface area (Å²) in [5.41, 5.74) is 0.654. The van der Waals surface area contributed by atoms with E-state index < -0.39 is 0 Å². The van der Waals surface area contributed by atoms with Crippen LogP contribution in [0.5, 0.6) is 0 Å². The molecule has 0 radical (unpaired) electrons. The Labute approximate surface area is 91.2 Å². The van der Waals surface area contributed by atoms with Gasteiger partial charge in [-0.1, -0.05) is 0 Å². The maximum Gasteiger partial charge on any atom is 0.354 e. The van der Waals surface area contributed by atoms with Crippen molar-refractivity contribution < 1.29 is 9.53 Å². The Balaban J connectivity index is 2.26. The summed E-state index contributed by atoms with van der Waals surface area (Å²) < 4.78 is 7.92. The summed E-state index contributed by atoms with van der Waals surface area (Å²) in [6, 6.07) is 2.32. The van der Waals surface area contributed by atoms with Crippen molar-refractivity contribution in [2.24, 2.45) is 0 Å². The molecule has 0 aromatic carbocycles. The van der Waals surface area contributed by atoms with Crippen LogP contribution in [0.4, 0.5) is 0 Å². The normalized spacial score (nSPS) is 15.6. The number of rotatable bonds is 3. The molecule has 0 spiro atoms. The van der Waals surface area contributed by atoms with Gasteiger partial charge in [-0.2, -0.15) is 0 Å². The second kappa shape index (κ2) is 3.77. The van der Waals surface area contributed by atoms with E-state index in [0.29, 0.717) is 18.3 Å². The monoisotopic (exact) mass is 257 g/mol. The molecule has 0 saturated heterocycles. The Morgan fingerprint density at radius 2 is 2.43 bits per heavy atom. The lowest BCUT2D eigenvalue weighted by atomic mass is 10.4. The lowest BCUT2D eigenvalue weighted by Crippen LogP contribution is -2.10. The number of nitrogens with zero attached hydrogens (tertiary/aromatic N) is 1. The highest BCUT2D eigenvalue weighted by Gasteiger charge is 2.28. The molecule has 14 heavy (non-hydrogen) atoms. The average molecular weight is 258 g/mol. The minimum Gasteiger partial charge on any atom is -0.461 e. The number of hydrogen-bond acceptors (Lipinski definition) is 2. The summed E-state index contributed by atoms with van der Waals surface area (Å²) in [6.07, 6.45) is 4.27. The van der Waals surface area contributed by atoms with E-state index in [1.165, 1.54) is 0 Å². The molecule has 0 bridgehead atoms. The van der Waals surface area contributed by atoms with Crippen molar-refractivity contribution >= 4 is 21.9 Å². The number of hydrogen-bond donors (Lipinski definition) is 0. The molecule has 1 heterocycles. The van der Waals surface area contributed by atoms with Gasteiger partial charge in [0, 0.05) is 16.7 Å². The summed E-state index contributed by atoms with van der Waals surface area (Å²) in [4.78, 5) is 11.5. The van der Waals surface area contributed by atoms with Crippen molar-refractivity contribution in [1.82, 2.24) is 4.57 Å². The highest BCUT2D eigenvalue weighted by molar-refractivity contribution is 9.10. The van der Waals surface area contributed by atoms with Crippen LogP contribution in [0, 0.1) is 0 Å². The van der Waals surface area contributed by atoms with E-state index in [2.05, 4.69) is 15.9 Å². The van der Waals surface area contributed by atoms with E-state index in [4.69, 9.17) is 4.74 Å². The largest absolute Gasteiger partial charge is 0.461 e. The molecule has 1 aliphatic carbocycles. The van der Waals surface area contributed by atoms with Crippen LogP contribution in [0.3, 0.4) is 0 Å². The number of aromatic nitrogens is 1. The summed E-state index contributed by atoms with van der Waals surface area (Å²) in [5, 5.41) is 0. The Hall–Kier alpha value is -0.770. The van der Waals surface area contributed by atoms with Crippen molar-refractivity contribution in [3.63, 3.8) is 0 Å². The first-order chi connectivity index (χ1) is 6.72. The van der Waals surface area contributed by atoms with Gasteiger partial charge >= 0.3 is 5.97 Å². The maximum absolute atomic E-state index is 11.5. The zero-order valence-electron chi connectivity index (χ0n) is 8.00. The van der Waals surface area contributed by atoms with Crippen LogP contribution in [0.1, 0.15) is 36.3 Å². The third-order valence-electron chi connectivity index (χ3n) is 2.24. The number of ether oxygens (including phenoxy) is 1. The lowest BCUT2D eigenvalue weighted by molar-refractivity contribution is 0.0513. The van der Waals surface area contributed by atoms with Gasteiger partial charge in [-0.05, 0) is 41.8 Å². The Morgan fingerprint density at radius 3 is 3.00 bits per heavy atom. The summed E-state index contributed by atoms with van der Waals surface area (Å²) in [7, 11) is 0. The van der Waals surface area contributed by atoms with Crippen LogP contribution in [-0.4, -0.2) is 17.1 Å². The van der Waals surface area contributed by atoms with Crippen molar-refractivity contribution in [1.29, 1.82) is 0 Å². The van der Waals surface area contributed by atoms with Crippen LogP contribution in [0.15, 0.2) is 16.7 Å². The van der Waals surface area contributed by atoms with Gasteiger partial charge in [0.1, 0.15) is 5.69 Å². The van der Waals surface area contributed by atoms with E-state index in [1.54, 1.807) is 0 Å². The Bertz CT molecular complexity index is 355. The van der Waals surface area contributed by atoms with Crippen LogP contribution < -0.4 is 0 Å². The second-order valence-electron chi connectivity index (χ2n) is 3.40. The van der Waals surface area contributed by atoms with E-state index >= 15 is 0 Å². The van der Waals surface area contributed by atoms with Gasteiger partial charge in [0.2, 0.25) is 0 Å². The smallest absolute Gasteiger partial charge is 0.354 e. The summed E-state index contributed by atoms with van der Waals surface area (Å²) in [5.74, 6) is -0.231. The molecular weight excluding hydrogens is 246 g/mol. The Morgan fingerprint density at radius 1 is 1.71 bits per heavy atom. The molecule has 0 aliphatic heterocycles. The average Bonchev–Trinajstić information content (AvgIpc) is 2.90. The summed E-state index contributed by atoms with van der Waals surface area (Å²) in [6.45, 7) is 2.24. The third kappa shape index (κ3) is 1.85. The Kier molecular flexibility index (Phi) is 2.63. The molecule has 1 fully saturated rings. The molecule has 4 heteroatoms. The fourth-order valence-corrected chi connectivity index (χ4v) is 1.91. The van der Waals surface area contributed by atoms with E-state index in [-0.39, 0.29) is 5.97 Å². The first-order valence-electron chi connectivity index (χ1n) is 4.77. The predicted molar refractivity (Wildman–Crippen MR) is 56.4 cm³/mol. The third-order valence-corrected chi connectivity index (χ3v) is 2.67. The molecule has 2 rings (SSSR count). The van der Waals surface area contributed by atoms with Crippen molar-refractivity contribution in [2.45, 2.75) is 25.8 Å². The highest BCUT2D eigenvalue weighted by atomic mass is 79.9. The van der Waals surface area contributed by atoms with E-state index in [0.717, 1.165) is 17.3 Å². The molecular formula is C10H12BrNO2. The molecule has 0 amide bonds. The van der Waals surface area contributed by atoms with Gasteiger partial charge in [-0.3, -0.25) is 0 Å². The van der Waals surface area contributed by atoms with Crippen LogP contribution in [0.25, 0.3) is 0 Å². The second-order valence-corrected chi connectivity index (χ2v) is 4.32. The summed E-state index contributed by atoms with van der Waals surface area (Å²) >= 11 is 3.37. The number of carbonyl (C=O) groups is 1. The fraction of sp³-hybridized carbons (Fsp3) is 0.500. The van der Waals surface area contributed by atoms with Crippen LogP contribution >= 0.6 is 15.9 Å². The minimum absolute atomic E-state index is 0.231. The first kappa shape index (κ1) is 9.77. The van der Waals surface area contributed by atoms with Crippen molar-refractivity contribution in [3.05, 3.63) is 22.4 Å². The molecule has 3 nitrogen and oxygen atoms in total. The van der Waals surface area contributed by atoms with Gasteiger partial charge in [0.25, 0.3) is 0 Å². The molecule has 1 aliphatic rings. The zero-order valence-corrected chi connectivity index (χ0v) is 9.58. The van der Waals surface area contributed by atoms with Gasteiger partial charge < -0.3 is 9.30 Å². The van der Waals surface area contributed by atoms with Gasteiger partial charge in [-0.15, -0.1) is 0 Å². The molecule has 1 aromatic rings. The first-order valence-corrected chi connectivity index (χ1v) is 5.56. The van der Waals surface area contributed by atoms with Gasteiger partial charge in [-0.25, -0.2) is 4.79 Å². The molecule has 1 aromatic heterocycles. The lowest BCUT2D eigenvalue weighted by Gasteiger charge is -2.05. The van der Waals surface area contributed by atoms with Crippen molar-refractivity contribution in [3.8, 4) is 0 Å². The van der Waals surface area contributed by atoms with E-state index in [1.807, 2.05) is 23.8 Å². The minimum atomic E-state index is -0.231. The molecule has 0 N–H and O–H groups in total. The topological polar surface area (TPSA) is 31.2 Å². The molecule has 76 valence electrons. The number of halogens is 1. The van der Waals surface area contributed by atoms with Crippen LogP contribution in [-0.2, 0) is 4.74 Å². The van der Waals surface area contributed by atoms with Gasteiger partial charge in [0.05, 0.1) is 6.61 Å².